The minimum Gasteiger partial charge on any atom is -0.467 e. The summed E-state index contributed by atoms with van der Waals surface area (Å²) in [6, 6.07) is 14.2. The number of benzene rings is 1. The van der Waals surface area contributed by atoms with E-state index >= 15 is 0 Å². The van der Waals surface area contributed by atoms with Crippen LogP contribution in [0.15, 0.2) is 71.6 Å². The van der Waals surface area contributed by atoms with Gasteiger partial charge in [-0.3, -0.25) is 9.78 Å². The van der Waals surface area contributed by atoms with E-state index in [-0.39, 0.29) is 11.9 Å². The summed E-state index contributed by atoms with van der Waals surface area (Å²) in [5, 5.41) is 0. The Hall–Kier alpha value is -3.08. The van der Waals surface area contributed by atoms with Crippen LogP contribution in [0.5, 0.6) is 11.5 Å². The Morgan fingerprint density at radius 3 is 2.62 bits per heavy atom. The molecule has 122 valence electrons. The second-order valence-corrected chi connectivity index (χ2v) is 5.42. The van der Waals surface area contributed by atoms with Crippen LogP contribution < -0.4 is 4.74 Å². The van der Waals surface area contributed by atoms with E-state index in [0.717, 1.165) is 5.76 Å². The summed E-state index contributed by atoms with van der Waals surface area (Å²) in [7, 11) is 1.76. The highest BCUT2D eigenvalue weighted by Gasteiger charge is 2.21. The smallest absolute Gasteiger partial charge is 0.254 e. The first-order valence-corrected chi connectivity index (χ1v) is 7.63. The molecule has 0 bridgehead atoms. The largest absolute Gasteiger partial charge is 0.467 e. The van der Waals surface area contributed by atoms with E-state index in [1.54, 1.807) is 60.9 Å². The van der Waals surface area contributed by atoms with Crippen LogP contribution in [0.4, 0.5) is 0 Å². The molecule has 0 aliphatic heterocycles. The molecule has 0 fully saturated rings. The molecular formula is C19H18N2O3. The van der Waals surface area contributed by atoms with Crippen LogP contribution in [0.3, 0.4) is 0 Å². The Balaban J connectivity index is 1.76. The van der Waals surface area contributed by atoms with Crippen LogP contribution in [-0.4, -0.2) is 22.8 Å². The van der Waals surface area contributed by atoms with Crippen LogP contribution in [0, 0.1) is 0 Å². The van der Waals surface area contributed by atoms with Crippen LogP contribution in [0.1, 0.15) is 29.1 Å². The summed E-state index contributed by atoms with van der Waals surface area (Å²) < 4.78 is 11.1. The maximum absolute atomic E-state index is 12.7. The van der Waals surface area contributed by atoms with Crippen molar-refractivity contribution < 1.29 is 13.9 Å². The van der Waals surface area contributed by atoms with E-state index < -0.39 is 0 Å². The number of hydrogen-bond acceptors (Lipinski definition) is 4. The fourth-order valence-electron chi connectivity index (χ4n) is 2.33. The van der Waals surface area contributed by atoms with Crippen LogP contribution in [0.25, 0.3) is 0 Å². The van der Waals surface area contributed by atoms with Crippen molar-refractivity contribution >= 4 is 5.91 Å². The predicted octanol–water partition coefficient (Wildman–Crippen LogP) is 4.30. The standard InChI is InChI=1S/C19H18N2O3/c1-14(18-7-4-12-23-18)21(2)19(22)15-5-3-6-17(13-15)24-16-8-10-20-11-9-16/h3-14H,1-2H3/t14-/m1/s1. The molecule has 0 aliphatic carbocycles. The maximum Gasteiger partial charge on any atom is 0.254 e. The second-order valence-electron chi connectivity index (χ2n) is 5.42. The van der Waals surface area contributed by atoms with Gasteiger partial charge in [0.1, 0.15) is 17.3 Å². The average molecular weight is 322 g/mol. The van der Waals surface area contributed by atoms with Crippen molar-refractivity contribution in [2.75, 3.05) is 7.05 Å². The van der Waals surface area contributed by atoms with Crippen LogP contribution in [0.2, 0.25) is 0 Å². The highest BCUT2D eigenvalue weighted by atomic mass is 16.5. The number of aromatic nitrogens is 1. The number of hydrogen-bond donors (Lipinski definition) is 0. The molecule has 0 N–H and O–H groups in total. The number of nitrogens with zero attached hydrogens (tertiary/aromatic N) is 2. The summed E-state index contributed by atoms with van der Waals surface area (Å²) in [6.07, 6.45) is 4.92. The summed E-state index contributed by atoms with van der Waals surface area (Å²) in [5.41, 5.74) is 0.558. The molecule has 0 unspecified atom stereocenters. The first kappa shape index (κ1) is 15.8. The quantitative estimate of drug-likeness (QED) is 0.703. The fraction of sp³-hybridized carbons (Fsp3) is 0.158. The zero-order chi connectivity index (χ0) is 16.9. The molecular weight excluding hydrogens is 304 g/mol. The third kappa shape index (κ3) is 3.46. The first-order valence-electron chi connectivity index (χ1n) is 7.63. The Morgan fingerprint density at radius 2 is 1.92 bits per heavy atom. The van der Waals surface area contributed by atoms with Gasteiger partial charge in [0.15, 0.2) is 0 Å². The Labute approximate surface area is 140 Å². The molecule has 1 amide bonds. The van der Waals surface area contributed by atoms with Gasteiger partial charge < -0.3 is 14.1 Å². The molecule has 0 radical (unpaired) electrons. The second kappa shape index (κ2) is 7.00. The van der Waals surface area contributed by atoms with E-state index in [1.807, 2.05) is 25.1 Å². The van der Waals surface area contributed by atoms with Crippen molar-refractivity contribution in [3.8, 4) is 11.5 Å². The van der Waals surface area contributed by atoms with E-state index in [2.05, 4.69) is 4.98 Å². The van der Waals surface area contributed by atoms with E-state index in [0.29, 0.717) is 17.1 Å². The molecule has 3 aromatic rings. The molecule has 1 atom stereocenters. The number of pyridine rings is 1. The summed E-state index contributed by atoms with van der Waals surface area (Å²) in [4.78, 5) is 18.3. The SMILES string of the molecule is C[C@H](c1ccco1)N(C)C(=O)c1cccc(Oc2ccncc2)c1. The minimum absolute atomic E-state index is 0.0981. The lowest BCUT2D eigenvalue weighted by atomic mass is 10.1. The molecule has 0 spiro atoms. The van der Waals surface area contributed by atoms with Crippen molar-refractivity contribution in [1.82, 2.24) is 9.88 Å². The third-order valence-electron chi connectivity index (χ3n) is 3.82. The molecule has 2 heterocycles. The summed E-state index contributed by atoms with van der Waals surface area (Å²) in [6.45, 7) is 1.92. The number of amides is 1. The zero-order valence-electron chi connectivity index (χ0n) is 13.5. The van der Waals surface area contributed by atoms with Gasteiger partial charge in [0.05, 0.1) is 12.3 Å². The maximum atomic E-state index is 12.7. The Kier molecular flexibility index (Phi) is 4.61. The van der Waals surface area contributed by atoms with Gasteiger partial charge in [-0.1, -0.05) is 6.07 Å². The molecule has 3 rings (SSSR count). The summed E-state index contributed by atoms with van der Waals surface area (Å²) >= 11 is 0. The average Bonchev–Trinajstić information content (AvgIpc) is 3.15. The molecule has 1 aromatic carbocycles. The highest BCUT2D eigenvalue weighted by molar-refractivity contribution is 5.94. The Morgan fingerprint density at radius 1 is 1.12 bits per heavy atom. The number of carbonyl (C=O) groups is 1. The predicted molar refractivity (Wildman–Crippen MR) is 90.0 cm³/mol. The minimum atomic E-state index is -0.155. The topological polar surface area (TPSA) is 55.6 Å². The number of ether oxygens (including phenoxy) is 1. The number of rotatable bonds is 5. The third-order valence-corrected chi connectivity index (χ3v) is 3.82. The number of furan rings is 1. The van der Waals surface area contributed by atoms with E-state index in [4.69, 9.17) is 9.15 Å². The summed E-state index contributed by atoms with van der Waals surface area (Å²) in [5.74, 6) is 1.92. The van der Waals surface area contributed by atoms with Gasteiger partial charge in [-0.05, 0) is 49.4 Å². The van der Waals surface area contributed by atoms with Gasteiger partial charge in [0.2, 0.25) is 0 Å². The van der Waals surface area contributed by atoms with Gasteiger partial charge in [-0.25, -0.2) is 0 Å². The van der Waals surface area contributed by atoms with E-state index in [1.165, 1.54) is 0 Å². The normalized spacial score (nSPS) is 11.8. The fourth-order valence-corrected chi connectivity index (χ4v) is 2.33. The van der Waals surface area contributed by atoms with Crippen molar-refractivity contribution in [3.63, 3.8) is 0 Å². The van der Waals surface area contributed by atoms with Crippen molar-refractivity contribution in [2.24, 2.45) is 0 Å². The lowest BCUT2D eigenvalue weighted by Gasteiger charge is -2.23. The molecule has 5 heteroatoms. The highest BCUT2D eigenvalue weighted by Crippen LogP contribution is 2.24. The van der Waals surface area contributed by atoms with Gasteiger partial charge in [0.25, 0.3) is 5.91 Å². The zero-order valence-corrected chi connectivity index (χ0v) is 13.5. The molecule has 2 aromatic heterocycles. The number of carbonyl (C=O) groups excluding carboxylic acids is 1. The first-order chi connectivity index (χ1) is 11.6. The Bertz CT molecular complexity index is 800. The lowest BCUT2D eigenvalue weighted by molar-refractivity contribution is 0.0726. The van der Waals surface area contributed by atoms with Crippen molar-refractivity contribution in [3.05, 3.63) is 78.5 Å². The van der Waals surface area contributed by atoms with Crippen molar-refractivity contribution in [1.29, 1.82) is 0 Å². The van der Waals surface area contributed by atoms with Crippen LogP contribution in [-0.2, 0) is 0 Å². The van der Waals surface area contributed by atoms with E-state index in [9.17, 15) is 4.79 Å². The molecule has 0 aliphatic rings. The van der Waals surface area contributed by atoms with Crippen molar-refractivity contribution in [2.45, 2.75) is 13.0 Å². The van der Waals surface area contributed by atoms with Gasteiger partial charge in [-0.15, -0.1) is 0 Å². The molecule has 0 saturated carbocycles. The molecule has 0 saturated heterocycles. The monoisotopic (exact) mass is 322 g/mol. The molecule has 24 heavy (non-hydrogen) atoms. The van der Waals surface area contributed by atoms with Gasteiger partial charge in [-0.2, -0.15) is 0 Å². The van der Waals surface area contributed by atoms with Gasteiger partial charge >= 0.3 is 0 Å². The lowest BCUT2D eigenvalue weighted by Crippen LogP contribution is -2.29. The van der Waals surface area contributed by atoms with Crippen LogP contribution >= 0.6 is 0 Å². The van der Waals surface area contributed by atoms with Gasteiger partial charge in [0, 0.05) is 25.0 Å². The molecule has 5 nitrogen and oxygen atoms in total.